The van der Waals surface area contributed by atoms with Crippen LogP contribution in [0.4, 0.5) is 0 Å². The van der Waals surface area contributed by atoms with Gasteiger partial charge >= 0.3 is 19.4 Å². The number of esters is 1. The number of hydrogen-bond donors (Lipinski definition) is 4. The van der Waals surface area contributed by atoms with Crippen molar-refractivity contribution in [3.05, 3.63) is 62.9 Å². The average Bonchev–Trinajstić information content (AvgIpc) is 3.08. The van der Waals surface area contributed by atoms with E-state index in [4.69, 9.17) is 24.3 Å². The average molecular weight is 526 g/mol. The molecule has 1 saturated heterocycles. The fraction of sp³-hybridized carbons (Fsp3) is 0.500. The zero-order valence-electron chi connectivity index (χ0n) is 20.3. The smallest absolute Gasteiger partial charge is 0.459 e. The van der Waals surface area contributed by atoms with E-state index in [1.807, 2.05) is 0 Å². The molecule has 1 aliphatic rings. The molecule has 0 spiro atoms. The van der Waals surface area contributed by atoms with Gasteiger partial charge in [0.05, 0.1) is 18.8 Å². The van der Waals surface area contributed by atoms with E-state index in [9.17, 15) is 24.1 Å². The Labute approximate surface area is 207 Å². The molecule has 0 aliphatic carbocycles. The Bertz CT molecular complexity index is 1220. The molecule has 0 bridgehead atoms. The first kappa shape index (κ1) is 27.8. The number of nitrogens with two attached hydrogens (primary N) is 1. The molecule has 3 rings (SSSR count). The van der Waals surface area contributed by atoms with E-state index >= 15 is 0 Å². The minimum Gasteiger partial charge on any atom is -0.462 e. The number of para-hydroxylation sites is 1. The number of carbonyl (C=O) groups excluding carboxylic acids is 1. The van der Waals surface area contributed by atoms with Crippen LogP contribution in [0.3, 0.4) is 0 Å². The lowest BCUT2D eigenvalue weighted by atomic mass is 10.1. The summed E-state index contributed by atoms with van der Waals surface area (Å²) in [7, 11) is -4.21. The molecule has 14 heteroatoms. The number of benzene rings is 1. The molecule has 0 radical (unpaired) electrons. The fourth-order valence-corrected chi connectivity index (χ4v) is 4.94. The third kappa shape index (κ3) is 6.69. The Balaban J connectivity index is 1.77. The molecule has 198 valence electrons. The molecule has 2 heterocycles. The summed E-state index contributed by atoms with van der Waals surface area (Å²) in [5, 5.41) is 13.2. The van der Waals surface area contributed by atoms with E-state index in [-0.39, 0.29) is 11.3 Å². The molecule has 5 N–H and O–H groups in total. The SMILES string of the molecule is Cc1cn(C2OC(COP(=O)(NC(C)C(=O)OC(C)C)Oc3ccccc3)C(O)C2N)c(=O)[nH]c1=O. The number of ether oxygens (including phenoxy) is 2. The van der Waals surface area contributed by atoms with Gasteiger partial charge in [-0.15, -0.1) is 0 Å². The lowest BCUT2D eigenvalue weighted by molar-refractivity contribution is -0.149. The third-order valence-corrected chi connectivity index (χ3v) is 6.92. The molecular formula is C22H31N4O9P. The van der Waals surface area contributed by atoms with Crippen LogP contribution < -0.4 is 26.6 Å². The monoisotopic (exact) mass is 526 g/mol. The maximum atomic E-state index is 13.6. The summed E-state index contributed by atoms with van der Waals surface area (Å²) in [4.78, 5) is 38.4. The number of hydrogen-bond acceptors (Lipinski definition) is 10. The van der Waals surface area contributed by atoms with Crippen molar-refractivity contribution in [1.82, 2.24) is 14.6 Å². The van der Waals surface area contributed by atoms with Gasteiger partial charge in [0.2, 0.25) is 0 Å². The lowest BCUT2D eigenvalue weighted by Gasteiger charge is -2.25. The number of carbonyl (C=O) groups is 1. The standard InChI is InChI=1S/C22H31N4O9P/c1-12(2)33-21(29)14(4)25-36(31,35-15-8-6-5-7-9-15)32-11-16-18(27)17(23)20(34-16)26-10-13(3)19(28)24-22(26)30/h5-10,12,14,16-18,20,27H,11,23H2,1-4H3,(H,25,31)(H,24,28,30). The van der Waals surface area contributed by atoms with Crippen molar-refractivity contribution in [2.45, 2.75) is 64.3 Å². The summed E-state index contributed by atoms with van der Waals surface area (Å²) < 4.78 is 36.6. The maximum absolute atomic E-state index is 13.6. The van der Waals surface area contributed by atoms with Crippen molar-refractivity contribution in [3.8, 4) is 5.75 Å². The first-order chi connectivity index (χ1) is 16.9. The Kier molecular flexibility index (Phi) is 8.88. The molecular weight excluding hydrogens is 495 g/mol. The van der Waals surface area contributed by atoms with Gasteiger partial charge < -0.3 is 24.8 Å². The number of rotatable bonds is 10. The van der Waals surface area contributed by atoms with Crippen molar-refractivity contribution in [1.29, 1.82) is 0 Å². The second kappa shape index (κ2) is 11.5. The highest BCUT2D eigenvalue weighted by Gasteiger charge is 2.45. The largest absolute Gasteiger partial charge is 0.462 e. The Morgan fingerprint density at radius 2 is 1.94 bits per heavy atom. The van der Waals surface area contributed by atoms with Crippen LogP contribution >= 0.6 is 7.75 Å². The molecule has 0 amide bonds. The van der Waals surface area contributed by atoms with Gasteiger partial charge in [0, 0.05) is 11.8 Å². The third-order valence-electron chi connectivity index (χ3n) is 5.27. The van der Waals surface area contributed by atoms with Gasteiger partial charge in [-0.1, -0.05) is 18.2 Å². The minimum absolute atomic E-state index is 0.204. The highest BCUT2D eigenvalue weighted by Crippen LogP contribution is 2.45. The number of aliphatic hydroxyl groups is 1. The highest BCUT2D eigenvalue weighted by atomic mass is 31.2. The van der Waals surface area contributed by atoms with Gasteiger partial charge in [-0.2, -0.15) is 5.09 Å². The van der Waals surface area contributed by atoms with Gasteiger partial charge in [-0.3, -0.25) is 23.7 Å². The van der Waals surface area contributed by atoms with Crippen molar-refractivity contribution in [3.63, 3.8) is 0 Å². The Morgan fingerprint density at radius 1 is 1.28 bits per heavy atom. The predicted molar refractivity (Wildman–Crippen MR) is 128 cm³/mol. The molecule has 0 saturated carbocycles. The van der Waals surface area contributed by atoms with Crippen LogP contribution in [-0.4, -0.2) is 57.6 Å². The van der Waals surface area contributed by atoms with Crippen LogP contribution in [0, 0.1) is 6.92 Å². The van der Waals surface area contributed by atoms with Crippen LogP contribution in [0.25, 0.3) is 0 Å². The maximum Gasteiger partial charge on any atom is 0.459 e. The van der Waals surface area contributed by atoms with Crippen LogP contribution in [0.1, 0.15) is 32.6 Å². The molecule has 2 aromatic rings. The number of aromatic nitrogens is 2. The van der Waals surface area contributed by atoms with E-state index in [2.05, 4.69) is 10.1 Å². The minimum atomic E-state index is -4.21. The second-order valence-electron chi connectivity index (χ2n) is 8.65. The molecule has 1 aliphatic heterocycles. The Morgan fingerprint density at radius 3 is 2.58 bits per heavy atom. The Hall–Kier alpha value is -2.80. The molecule has 1 aromatic heterocycles. The van der Waals surface area contributed by atoms with Gasteiger partial charge in [-0.05, 0) is 39.8 Å². The van der Waals surface area contributed by atoms with Gasteiger partial charge in [0.1, 0.15) is 24.0 Å². The summed E-state index contributed by atoms with van der Waals surface area (Å²) in [5.74, 6) is -0.465. The van der Waals surface area contributed by atoms with Crippen LogP contribution in [0.15, 0.2) is 46.1 Å². The predicted octanol–water partition coefficient (Wildman–Crippen LogP) is 0.564. The van der Waals surface area contributed by atoms with Gasteiger partial charge in [0.15, 0.2) is 6.23 Å². The van der Waals surface area contributed by atoms with E-state index in [1.165, 1.54) is 20.0 Å². The first-order valence-electron chi connectivity index (χ1n) is 11.3. The number of nitrogens with zero attached hydrogens (tertiary/aromatic N) is 1. The van der Waals surface area contributed by atoms with E-state index in [0.29, 0.717) is 0 Å². The number of aromatic amines is 1. The number of nitrogens with one attached hydrogen (secondary N) is 2. The van der Waals surface area contributed by atoms with E-state index in [0.717, 1.165) is 4.57 Å². The lowest BCUT2D eigenvalue weighted by Crippen LogP contribution is -2.43. The highest BCUT2D eigenvalue weighted by molar-refractivity contribution is 7.52. The first-order valence-corrected chi connectivity index (χ1v) is 12.8. The molecule has 36 heavy (non-hydrogen) atoms. The summed E-state index contributed by atoms with van der Waals surface area (Å²) in [6.07, 6.45) is -2.68. The second-order valence-corrected chi connectivity index (χ2v) is 10.3. The summed E-state index contributed by atoms with van der Waals surface area (Å²) in [6, 6.07) is 6.03. The summed E-state index contributed by atoms with van der Waals surface area (Å²) in [5.41, 5.74) is 4.99. The van der Waals surface area contributed by atoms with E-state index < -0.39 is 68.2 Å². The topological polar surface area (TPSA) is 184 Å². The van der Waals surface area contributed by atoms with Crippen LogP contribution in [-0.2, 0) is 23.4 Å². The summed E-state index contributed by atoms with van der Waals surface area (Å²) in [6.45, 7) is 5.82. The van der Waals surface area contributed by atoms with Gasteiger partial charge in [0.25, 0.3) is 5.56 Å². The van der Waals surface area contributed by atoms with Crippen molar-refractivity contribution >= 4 is 13.7 Å². The zero-order valence-corrected chi connectivity index (χ0v) is 21.2. The molecule has 13 nitrogen and oxygen atoms in total. The molecule has 6 atom stereocenters. The molecule has 1 fully saturated rings. The molecule has 6 unspecified atom stereocenters. The van der Waals surface area contributed by atoms with Crippen LogP contribution in [0.2, 0.25) is 0 Å². The van der Waals surface area contributed by atoms with Crippen LogP contribution in [0.5, 0.6) is 5.75 Å². The molecule has 1 aromatic carbocycles. The number of aryl methyl sites for hydroxylation is 1. The normalized spacial score (nSPS) is 24.3. The number of H-pyrrole nitrogens is 1. The van der Waals surface area contributed by atoms with Crippen molar-refractivity contribution in [2.24, 2.45) is 5.73 Å². The van der Waals surface area contributed by atoms with E-state index in [1.54, 1.807) is 44.2 Å². The number of aliphatic hydroxyl groups excluding tert-OH is 1. The van der Waals surface area contributed by atoms with Gasteiger partial charge in [-0.25, -0.2) is 9.36 Å². The fourth-order valence-electron chi connectivity index (χ4n) is 3.44. The summed E-state index contributed by atoms with van der Waals surface area (Å²) >= 11 is 0. The van der Waals surface area contributed by atoms with Crippen molar-refractivity contribution < 1.29 is 33.0 Å². The van der Waals surface area contributed by atoms with Crippen molar-refractivity contribution in [2.75, 3.05) is 6.61 Å². The zero-order chi connectivity index (χ0) is 26.6. The quantitative estimate of drug-likeness (QED) is 0.251.